The summed E-state index contributed by atoms with van der Waals surface area (Å²) in [4.78, 5) is 34.9. The Bertz CT molecular complexity index is 794. The van der Waals surface area contributed by atoms with Crippen LogP contribution in [0.1, 0.15) is 20.7 Å². The minimum absolute atomic E-state index is 0.125. The van der Waals surface area contributed by atoms with Gasteiger partial charge in [-0.2, -0.15) is 8.78 Å². The second kappa shape index (κ2) is 8.20. The predicted molar refractivity (Wildman–Crippen MR) is 84.8 cm³/mol. The molecule has 0 saturated carbocycles. The maximum atomic E-state index is 12.3. The van der Waals surface area contributed by atoms with Gasteiger partial charge in [-0.05, 0) is 23.6 Å². The van der Waals surface area contributed by atoms with Gasteiger partial charge in [-0.25, -0.2) is 4.79 Å². The lowest BCUT2D eigenvalue weighted by Crippen LogP contribution is -2.22. The van der Waals surface area contributed by atoms with E-state index in [9.17, 15) is 23.2 Å². The fraction of sp³-hybridized carbons (Fsp3) is 0.133. The normalized spacial score (nSPS) is 10.4. The monoisotopic (exact) mass is 370 g/mol. The Labute approximate surface area is 144 Å². The van der Waals surface area contributed by atoms with Gasteiger partial charge >= 0.3 is 12.6 Å². The highest BCUT2D eigenvalue weighted by Crippen LogP contribution is 2.23. The first-order chi connectivity index (χ1) is 11.9. The number of carbonyl (C=O) groups excluding carboxylic acids is 3. The van der Waals surface area contributed by atoms with E-state index in [-0.39, 0.29) is 21.9 Å². The van der Waals surface area contributed by atoms with E-state index in [1.165, 1.54) is 30.3 Å². The Kier molecular flexibility index (Phi) is 6.01. The Morgan fingerprint density at radius 1 is 1.16 bits per heavy atom. The first-order valence-electron chi connectivity index (χ1n) is 6.76. The summed E-state index contributed by atoms with van der Waals surface area (Å²) in [5.74, 6) is -2.80. The number of hydrogen-bond donors (Lipinski definition) is 2. The first-order valence-corrected chi connectivity index (χ1v) is 7.64. The van der Waals surface area contributed by atoms with Crippen molar-refractivity contribution in [3.63, 3.8) is 0 Å². The van der Waals surface area contributed by atoms with E-state index >= 15 is 0 Å². The number of hydrogen-bond acceptors (Lipinski definition) is 6. The summed E-state index contributed by atoms with van der Waals surface area (Å²) in [5.41, 5.74) is 5.02. The number of amides is 2. The summed E-state index contributed by atoms with van der Waals surface area (Å²) in [6.07, 6.45) is 0. The van der Waals surface area contributed by atoms with Gasteiger partial charge in [0.15, 0.2) is 6.61 Å². The highest BCUT2D eigenvalue weighted by molar-refractivity contribution is 7.14. The van der Waals surface area contributed by atoms with E-state index in [0.29, 0.717) is 0 Å². The molecule has 0 radical (unpaired) electrons. The van der Waals surface area contributed by atoms with Crippen LogP contribution < -0.4 is 15.8 Å². The summed E-state index contributed by atoms with van der Waals surface area (Å²) in [6.45, 7) is -3.79. The fourth-order valence-electron chi connectivity index (χ4n) is 1.81. The molecule has 2 aromatic rings. The molecule has 0 saturated heterocycles. The topological polar surface area (TPSA) is 108 Å². The van der Waals surface area contributed by atoms with Crippen molar-refractivity contribution in [1.82, 2.24) is 0 Å². The minimum Gasteiger partial charge on any atom is -0.452 e. The van der Waals surface area contributed by atoms with Gasteiger partial charge in [0.1, 0.15) is 16.3 Å². The number of ether oxygens (including phenoxy) is 2. The number of para-hydroxylation sites is 1. The second-order valence-corrected chi connectivity index (χ2v) is 5.44. The molecule has 1 heterocycles. The molecule has 2 rings (SSSR count). The standard InChI is InChI=1S/C15H12F2N2O5S/c16-15(17)24-10-4-2-1-3-8(10)14(22)23-7-11(20)19-13-9(12(18)21)5-6-25-13/h1-6,15H,7H2,(H2,18,21)(H,19,20). The quantitative estimate of drug-likeness (QED) is 0.727. The molecule has 0 atom stereocenters. The van der Waals surface area contributed by atoms with Crippen LogP contribution in [0.5, 0.6) is 5.75 Å². The van der Waals surface area contributed by atoms with Gasteiger partial charge in [0.25, 0.3) is 11.8 Å². The molecule has 0 fully saturated rings. The molecule has 1 aromatic heterocycles. The molecule has 3 N–H and O–H groups in total. The van der Waals surface area contributed by atoms with Crippen molar-refractivity contribution in [1.29, 1.82) is 0 Å². The van der Waals surface area contributed by atoms with Gasteiger partial charge in [-0.15, -0.1) is 11.3 Å². The van der Waals surface area contributed by atoms with Crippen LogP contribution >= 0.6 is 11.3 Å². The van der Waals surface area contributed by atoms with Crippen molar-refractivity contribution >= 4 is 34.1 Å². The number of benzene rings is 1. The van der Waals surface area contributed by atoms with Crippen LogP contribution in [-0.2, 0) is 9.53 Å². The molecular weight excluding hydrogens is 358 g/mol. The molecule has 132 valence electrons. The van der Waals surface area contributed by atoms with E-state index in [0.717, 1.165) is 11.3 Å². The number of anilines is 1. The van der Waals surface area contributed by atoms with E-state index < -0.39 is 31.0 Å². The molecule has 0 aliphatic carbocycles. The van der Waals surface area contributed by atoms with Gasteiger partial charge in [0, 0.05) is 0 Å². The van der Waals surface area contributed by atoms with Gasteiger partial charge in [-0.1, -0.05) is 12.1 Å². The van der Waals surface area contributed by atoms with Crippen molar-refractivity contribution in [3.05, 3.63) is 46.8 Å². The molecule has 10 heteroatoms. The number of rotatable bonds is 7. The highest BCUT2D eigenvalue weighted by atomic mass is 32.1. The Morgan fingerprint density at radius 2 is 1.88 bits per heavy atom. The molecule has 0 aliphatic rings. The zero-order valence-electron chi connectivity index (χ0n) is 12.5. The van der Waals surface area contributed by atoms with E-state index in [1.807, 2.05) is 0 Å². The van der Waals surface area contributed by atoms with E-state index in [2.05, 4.69) is 10.1 Å². The Balaban J connectivity index is 1.97. The number of esters is 1. The Morgan fingerprint density at radius 3 is 2.56 bits per heavy atom. The third-order valence-corrected chi connectivity index (χ3v) is 3.67. The van der Waals surface area contributed by atoms with Gasteiger partial charge in [-0.3, -0.25) is 9.59 Å². The third-order valence-electron chi connectivity index (χ3n) is 2.84. The van der Waals surface area contributed by atoms with Crippen LogP contribution in [0.15, 0.2) is 35.7 Å². The average molecular weight is 370 g/mol. The van der Waals surface area contributed by atoms with Crippen molar-refractivity contribution in [2.45, 2.75) is 6.61 Å². The summed E-state index contributed by atoms with van der Waals surface area (Å²) in [5, 5.41) is 4.15. The zero-order chi connectivity index (χ0) is 18.4. The largest absolute Gasteiger partial charge is 0.452 e. The highest BCUT2D eigenvalue weighted by Gasteiger charge is 2.18. The fourth-order valence-corrected chi connectivity index (χ4v) is 2.61. The molecule has 2 amide bonds. The van der Waals surface area contributed by atoms with Gasteiger partial charge in [0.05, 0.1) is 5.56 Å². The number of carbonyl (C=O) groups is 3. The predicted octanol–water partition coefficient (Wildman–Crippen LogP) is 2.24. The van der Waals surface area contributed by atoms with Crippen LogP contribution in [0.25, 0.3) is 0 Å². The van der Waals surface area contributed by atoms with Crippen LogP contribution in [-0.4, -0.2) is 31.0 Å². The molecule has 25 heavy (non-hydrogen) atoms. The smallest absolute Gasteiger partial charge is 0.387 e. The minimum atomic E-state index is -3.11. The van der Waals surface area contributed by atoms with E-state index in [1.54, 1.807) is 5.38 Å². The lowest BCUT2D eigenvalue weighted by molar-refractivity contribution is -0.119. The number of halogens is 2. The van der Waals surface area contributed by atoms with Crippen LogP contribution in [0.4, 0.5) is 13.8 Å². The maximum absolute atomic E-state index is 12.3. The number of nitrogens with two attached hydrogens (primary N) is 1. The lowest BCUT2D eigenvalue weighted by Gasteiger charge is -2.10. The van der Waals surface area contributed by atoms with Crippen molar-refractivity contribution in [2.24, 2.45) is 5.73 Å². The summed E-state index contributed by atoms with van der Waals surface area (Å²) in [6, 6.07) is 6.67. The number of primary amides is 1. The third kappa shape index (κ3) is 4.98. The molecule has 0 spiro atoms. The van der Waals surface area contributed by atoms with Crippen LogP contribution in [0.3, 0.4) is 0 Å². The van der Waals surface area contributed by atoms with Crippen molar-refractivity contribution < 1.29 is 32.6 Å². The summed E-state index contributed by atoms with van der Waals surface area (Å²) < 4.78 is 33.6. The molecule has 7 nitrogen and oxygen atoms in total. The maximum Gasteiger partial charge on any atom is 0.387 e. The van der Waals surface area contributed by atoms with Crippen molar-refractivity contribution in [2.75, 3.05) is 11.9 Å². The number of alkyl halides is 2. The molecule has 0 unspecified atom stereocenters. The molecule has 0 aliphatic heterocycles. The molecule has 1 aromatic carbocycles. The van der Waals surface area contributed by atoms with Gasteiger partial charge < -0.3 is 20.5 Å². The number of thiophene rings is 1. The van der Waals surface area contributed by atoms with Crippen LogP contribution in [0, 0.1) is 0 Å². The van der Waals surface area contributed by atoms with E-state index in [4.69, 9.17) is 10.5 Å². The molecular formula is C15H12F2N2O5S. The Hall–Kier alpha value is -3.01. The SMILES string of the molecule is NC(=O)c1ccsc1NC(=O)COC(=O)c1ccccc1OC(F)F. The second-order valence-electron chi connectivity index (χ2n) is 4.53. The van der Waals surface area contributed by atoms with Gasteiger partial charge in [0.2, 0.25) is 0 Å². The zero-order valence-corrected chi connectivity index (χ0v) is 13.3. The molecule has 0 bridgehead atoms. The van der Waals surface area contributed by atoms with Crippen LogP contribution in [0.2, 0.25) is 0 Å². The lowest BCUT2D eigenvalue weighted by atomic mass is 10.2. The number of nitrogens with one attached hydrogen (secondary N) is 1. The average Bonchev–Trinajstić information content (AvgIpc) is 3.01. The first kappa shape index (κ1) is 18.3. The summed E-state index contributed by atoms with van der Waals surface area (Å²) in [7, 11) is 0. The summed E-state index contributed by atoms with van der Waals surface area (Å²) >= 11 is 1.07. The van der Waals surface area contributed by atoms with Crippen molar-refractivity contribution in [3.8, 4) is 5.75 Å².